The van der Waals surface area contributed by atoms with Gasteiger partial charge >= 0.3 is 0 Å². The lowest BCUT2D eigenvalue weighted by Gasteiger charge is -2.16. The Morgan fingerprint density at radius 2 is 1.84 bits per heavy atom. The number of ketones is 1. The molecule has 3 aromatic heterocycles. The quantitative estimate of drug-likeness (QED) is 0.468. The smallest absolute Gasteiger partial charge is 0.259 e. The van der Waals surface area contributed by atoms with E-state index in [9.17, 15) is 4.79 Å². The Kier molecular flexibility index (Phi) is 5.41. The summed E-state index contributed by atoms with van der Waals surface area (Å²) < 4.78 is 6.69. The van der Waals surface area contributed by atoms with Crippen molar-refractivity contribution < 1.29 is 9.21 Å². The van der Waals surface area contributed by atoms with E-state index in [1.807, 2.05) is 45.0 Å². The van der Waals surface area contributed by atoms with E-state index in [4.69, 9.17) is 10.2 Å². The minimum absolute atomic E-state index is 0.186. The highest BCUT2D eigenvalue weighted by Gasteiger charge is 2.21. The average Bonchev–Trinajstić information content (AvgIpc) is 3.38. The number of carbonyl (C=O) groups is 1. The van der Waals surface area contributed by atoms with Gasteiger partial charge in [-0.2, -0.15) is 19.5 Å². The van der Waals surface area contributed by atoms with Gasteiger partial charge in [0.05, 0.1) is 6.26 Å². The molecular weight excluding hydrogens is 394 g/mol. The Labute approximate surface area is 179 Å². The van der Waals surface area contributed by atoms with Gasteiger partial charge in [0.15, 0.2) is 5.76 Å². The maximum Gasteiger partial charge on any atom is 0.259 e. The number of nitrogens with zero attached hydrogens (tertiary/aromatic N) is 5. The summed E-state index contributed by atoms with van der Waals surface area (Å²) in [6, 6.07) is 11.6. The Morgan fingerprint density at radius 1 is 1.10 bits per heavy atom. The number of rotatable bonds is 7. The zero-order valence-electron chi connectivity index (χ0n) is 17.8. The summed E-state index contributed by atoms with van der Waals surface area (Å²) >= 11 is 0. The van der Waals surface area contributed by atoms with Gasteiger partial charge in [0.1, 0.15) is 5.78 Å². The summed E-state index contributed by atoms with van der Waals surface area (Å²) in [5.74, 6) is 2.08. The largest absolute Gasteiger partial charge is 0.461 e. The van der Waals surface area contributed by atoms with Crippen LogP contribution in [-0.4, -0.2) is 36.9 Å². The molecule has 0 unspecified atom stereocenters. The van der Waals surface area contributed by atoms with Crippen LogP contribution in [0.25, 0.3) is 17.4 Å². The number of hydrogen-bond acceptors (Lipinski definition) is 8. The lowest BCUT2D eigenvalue weighted by molar-refractivity contribution is -0.125. The molecule has 0 aliphatic carbocycles. The standard InChI is InChI=1S/C22H25N7O2/c1-22(2,3)17(30)13-15-8-6-14(7-9-15)10-11-24-20-26-19(23)29-21(27-20)25-18(28-29)16-5-4-12-31-16/h4-9,12H,10-11,13H2,1-3H3,(H3,23,24,25,26,27,28). The Hall–Kier alpha value is -3.75. The first-order chi connectivity index (χ1) is 14.8. The number of aromatic nitrogens is 5. The molecule has 0 radical (unpaired) electrons. The van der Waals surface area contributed by atoms with E-state index in [1.54, 1.807) is 18.4 Å². The molecule has 0 spiro atoms. The summed E-state index contributed by atoms with van der Waals surface area (Å²) in [7, 11) is 0. The number of hydrogen-bond donors (Lipinski definition) is 2. The van der Waals surface area contributed by atoms with Gasteiger partial charge in [-0.05, 0) is 29.7 Å². The predicted molar refractivity (Wildman–Crippen MR) is 117 cm³/mol. The number of anilines is 2. The number of nitrogens with two attached hydrogens (primary N) is 1. The summed E-state index contributed by atoms with van der Waals surface area (Å²) in [6.45, 7) is 6.45. The molecule has 0 aliphatic rings. The van der Waals surface area contributed by atoms with E-state index < -0.39 is 0 Å². The SMILES string of the molecule is CC(C)(C)C(=O)Cc1ccc(CCNc2nc(N)n3nc(-c4ccco4)nc3n2)cc1. The zero-order chi connectivity index (χ0) is 22.0. The molecule has 0 saturated carbocycles. The molecule has 0 saturated heterocycles. The summed E-state index contributed by atoms with van der Waals surface area (Å²) in [5, 5.41) is 7.45. The molecule has 1 aromatic carbocycles. The number of benzene rings is 1. The Bertz CT molecular complexity index is 1190. The van der Waals surface area contributed by atoms with Gasteiger partial charge in [0.2, 0.25) is 17.7 Å². The maximum atomic E-state index is 12.2. The van der Waals surface area contributed by atoms with Crippen LogP contribution in [-0.2, 0) is 17.6 Å². The van der Waals surface area contributed by atoms with Gasteiger partial charge in [-0.1, -0.05) is 45.0 Å². The molecule has 0 fully saturated rings. The first-order valence-electron chi connectivity index (χ1n) is 10.1. The monoisotopic (exact) mass is 419 g/mol. The molecule has 9 nitrogen and oxygen atoms in total. The predicted octanol–water partition coefficient (Wildman–Crippen LogP) is 3.17. The highest BCUT2D eigenvalue weighted by molar-refractivity contribution is 5.85. The second-order valence-corrected chi connectivity index (χ2v) is 8.37. The van der Waals surface area contributed by atoms with Crippen LogP contribution in [0.5, 0.6) is 0 Å². The van der Waals surface area contributed by atoms with Gasteiger partial charge in [-0.3, -0.25) is 4.79 Å². The first-order valence-corrected chi connectivity index (χ1v) is 10.1. The van der Waals surface area contributed by atoms with Crippen LogP contribution >= 0.6 is 0 Å². The van der Waals surface area contributed by atoms with Crippen LogP contribution < -0.4 is 11.1 Å². The summed E-state index contributed by atoms with van der Waals surface area (Å²) in [4.78, 5) is 25.2. The lowest BCUT2D eigenvalue weighted by Crippen LogP contribution is -2.22. The Morgan fingerprint density at radius 3 is 2.52 bits per heavy atom. The fraction of sp³-hybridized carbons (Fsp3) is 0.318. The number of nitrogen functional groups attached to an aromatic ring is 1. The van der Waals surface area contributed by atoms with Gasteiger partial charge < -0.3 is 15.5 Å². The van der Waals surface area contributed by atoms with Gasteiger partial charge in [-0.25, -0.2) is 0 Å². The molecule has 3 heterocycles. The fourth-order valence-electron chi connectivity index (χ4n) is 2.99. The van der Waals surface area contributed by atoms with Crippen LogP contribution in [0.4, 0.5) is 11.9 Å². The molecule has 0 aliphatic heterocycles. The minimum atomic E-state index is -0.325. The van der Waals surface area contributed by atoms with E-state index >= 15 is 0 Å². The van der Waals surface area contributed by atoms with Crippen molar-refractivity contribution in [1.29, 1.82) is 0 Å². The number of fused-ring (bicyclic) bond motifs is 1. The van der Waals surface area contributed by atoms with Crippen molar-refractivity contribution in [3.05, 3.63) is 53.8 Å². The van der Waals surface area contributed by atoms with Gasteiger partial charge in [0, 0.05) is 18.4 Å². The van der Waals surface area contributed by atoms with Crippen LogP contribution in [0, 0.1) is 5.41 Å². The molecule has 0 bridgehead atoms. The third kappa shape index (κ3) is 4.71. The maximum absolute atomic E-state index is 12.2. The van der Waals surface area contributed by atoms with E-state index in [1.165, 1.54) is 4.52 Å². The van der Waals surface area contributed by atoms with E-state index in [2.05, 4.69) is 25.4 Å². The number of furan rings is 1. The van der Waals surface area contributed by atoms with E-state index in [0.717, 1.165) is 17.5 Å². The Balaban J connectivity index is 1.37. The molecule has 160 valence electrons. The second-order valence-electron chi connectivity index (χ2n) is 8.37. The number of Topliss-reactive ketones (excluding diaryl/α,β-unsaturated/α-hetero) is 1. The second kappa shape index (κ2) is 8.17. The first kappa shape index (κ1) is 20.5. The molecule has 9 heteroatoms. The normalized spacial score (nSPS) is 11.7. The van der Waals surface area contributed by atoms with Crippen molar-refractivity contribution >= 4 is 23.5 Å². The van der Waals surface area contributed by atoms with Crippen molar-refractivity contribution in [2.75, 3.05) is 17.6 Å². The lowest BCUT2D eigenvalue weighted by atomic mass is 9.87. The molecule has 0 amide bonds. The summed E-state index contributed by atoms with van der Waals surface area (Å²) in [6.07, 6.45) is 2.78. The summed E-state index contributed by atoms with van der Waals surface area (Å²) in [5.41, 5.74) is 7.85. The minimum Gasteiger partial charge on any atom is -0.461 e. The van der Waals surface area contributed by atoms with Gasteiger partial charge in [0.25, 0.3) is 5.78 Å². The third-order valence-electron chi connectivity index (χ3n) is 4.90. The van der Waals surface area contributed by atoms with Crippen molar-refractivity contribution in [1.82, 2.24) is 24.6 Å². The van der Waals surface area contributed by atoms with Crippen LogP contribution in [0.3, 0.4) is 0 Å². The number of nitrogens with one attached hydrogen (secondary N) is 1. The highest BCUT2D eigenvalue weighted by Crippen LogP contribution is 2.19. The van der Waals surface area contributed by atoms with E-state index in [-0.39, 0.29) is 17.1 Å². The topological polar surface area (TPSA) is 124 Å². The van der Waals surface area contributed by atoms with E-state index in [0.29, 0.717) is 36.3 Å². The molecule has 4 rings (SSSR count). The average molecular weight is 419 g/mol. The zero-order valence-corrected chi connectivity index (χ0v) is 17.8. The van der Waals surface area contributed by atoms with Crippen LogP contribution in [0.1, 0.15) is 31.9 Å². The van der Waals surface area contributed by atoms with Crippen molar-refractivity contribution in [3.63, 3.8) is 0 Å². The molecule has 31 heavy (non-hydrogen) atoms. The third-order valence-corrected chi connectivity index (χ3v) is 4.90. The van der Waals surface area contributed by atoms with Gasteiger partial charge in [-0.15, -0.1) is 5.10 Å². The van der Waals surface area contributed by atoms with Crippen LogP contribution in [0.15, 0.2) is 47.1 Å². The number of carbonyl (C=O) groups excluding carboxylic acids is 1. The van der Waals surface area contributed by atoms with Crippen molar-refractivity contribution in [2.45, 2.75) is 33.6 Å². The molecule has 4 aromatic rings. The van der Waals surface area contributed by atoms with Crippen molar-refractivity contribution in [2.24, 2.45) is 5.41 Å². The molecular formula is C22H25N7O2. The molecule has 0 atom stereocenters. The fourth-order valence-corrected chi connectivity index (χ4v) is 2.99. The van der Waals surface area contributed by atoms with Crippen LogP contribution in [0.2, 0.25) is 0 Å². The van der Waals surface area contributed by atoms with Crippen molar-refractivity contribution in [3.8, 4) is 11.6 Å². The highest BCUT2D eigenvalue weighted by atomic mass is 16.3. The molecule has 3 N–H and O–H groups in total.